The van der Waals surface area contributed by atoms with Crippen LogP contribution in [0.2, 0.25) is 0 Å². The molecule has 0 amide bonds. The second-order valence-corrected chi connectivity index (χ2v) is 8.01. The van der Waals surface area contributed by atoms with Gasteiger partial charge in [-0.05, 0) is 6.42 Å². The lowest BCUT2D eigenvalue weighted by Gasteiger charge is -2.25. The van der Waals surface area contributed by atoms with Crippen LogP contribution in [0.25, 0.3) is 0 Å². The molecule has 170 valence electrons. The molecule has 7 nitrogen and oxygen atoms in total. The average molecular weight is 417 g/mol. The van der Waals surface area contributed by atoms with Gasteiger partial charge >= 0.3 is 17.9 Å². The maximum Gasteiger partial charge on any atom is 0.348 e. The molecule has 0 rings (SSSR count). The minimum atomic E-state index is -3.29. The van der Waals surface area contributed by atoms with Crippen molar-refractivity contribution in [1.29, 1.82) is 0 Å². The Hall–Kier alpha value is -1.63. The number of carboxylic acids is 3. The number of carboxylic acid groups (broad SMARTS) is 3. The van der Waals surface area contributed by atoms with Gasteiger partial charge < -0.3 is 20.4 Å². The summed E-state index contributed by atoms with van der Waals surface area (Å²) < 4.78 is 0. The molecule has 0 unspecified atom stereocenters. The molecule has 4 N–H and O–H groups in total. The van der Waals surface area contributed by atoms with E-state index in [-0.39, 0.29) is 6.42 Å². The summed E-state index contributed by atoms with van der Waals surface area (Å²) in [5, 5.41) is 36.9. The molecule has 0 bridgehead atoms. The molecule has 0 saturated heterocycles. The molecule has 0 aromatic rings. The highest BCUT2D eigenvalue weighted by Gasteiger charge is 2.54. The van der Waals surface area contributed by atoms with Crippen LogP contribution in [-0.4, -0.2) is 43.9 Å². The van der Waals surface area contributed by atoms with Crippen molar-refractivity contribution in [2.45, 2.75) is 115 Å². The Bertz CT molecular complexity index is 462. The van der Waals surface area contributed by atoms with Crippen molar-refractivity contribution in [3.05, 3.63) is 0 Å². The summed E-state index contributed by atoms with van der Waals surface area (Å²) in [6.45, 7) is 2.23. The zero-order valence-corrected chi connectivity index (χ0v) is 17.9. The molecule has 0 spiro atoms. The van der Waals surface area contributed by atoms with Gasteiger partial charge in [0.05, 0.1) is 0 Å². The molecule has 0 aromatic heterocycles. The highest BCUT2D eigenvalue weighted by molar-refractivity contribution is 6.05. The number of carbonyl (C=O) groups is 3. The molecule has 0 aromatic carbocycles. The largest absolute Gasteiger partial charge is 0.481 e. The molecular weight excluding hydrogens is 376 g/mol. The van der Waals surface area contributed by atoms with Crippen molar-refractivity contribution < 1.29 is 34.8 Å². The smallest absolute Gasteiger partial charge is 0.348 e. The van der Waals surface area contributed by atoms with Gasteiger partial charge in [-0.3, -0.25) is 4.79 Å². The molecule has 0 heterocycles. The number of hydrogen-bond donors (Lipinski definition) is 4. The number of aliphatic carboxylic acids is 3. The lowest BCUT2D eigenvalue weighted by molar-refractivity contribution is -0.189. The van der Waals surface area contributed by atoms with Crippen molar-refractivity contribution in [2.75, 3.05) is 0 Å². The van der Waals surface area contributed by atoms with Crippen molar-refractivity contribution in [2.24, 2.45) is 5.92 Å². The molecule has 0 fully saturated rings. The fourth-order valence-electron chi connectivity index (χ4n) is 3.62. The predicted molar refractivity (Wildman–Crippen MR) is 111 cm³/mol. The predicted octanol–water partition coefficient (Wildman–Crippen LogP) is 4.85. The fourth-order valence-corrected chi connectivity index (χ4v) is 3.62. The number of hydrogen-bond acceptors (Lipinski definition) is 4. The highest BCUT2D eigenvalue weighted by Crippen LogP contribution is 2.25. The van der Waals surface area contributed by atoms with E-state index < -0.39 is 29.4 Å². The van der Waals surface area contributed by atoms with Crippen molar-refractivity contribution in [1.82, 2.24) is 0 Å². The van der Waals surface area contributed by atoms with Gasteiger partial charge in [-0.15, -0.1) is 0 Å². The van der Waals surface area contributed by atoms with Crippen LogP contribution in [0.4, 0.5) is 0 Å². The van der Waals surface area contributed by atoms with Crippen LogP contribution in [0.5, 0.6) is 0 Å². The van der Waals surface area contributed by atoms with Crippen LogP contribution in [0, 0.1) is 5.92 Å². The first-order valence-corrected chi connectivity index (χ1v) is 11.2. The van der Waals surface area contributed by atoms with E-state index in [9.17, 15) is 19.5 Å². The van der Waals surface area contributed by atoms with E-state index in [0.29, 0.717) is 12.8 Å². The lowest BCUT2D eigenvalue weighted by atomic mass is 9.83. The summed E-state index contributed by atoms with van der Waals surface area (Å²) in [4.78, 5) is 33.4. The quantitative estimate of drug-likeness (QED) is 0.165. The first kappa shape index (κ1) is 27.4. The second kappa shape index (κ2) is 16.2. The Morgan fingerprint density at radius 2 is 0.931 bits per heavy atom. The van der Waals surface area contributed by atoms with Gasteiger partial charge in [0.25, 0.3) is 5.60 Å². The van der Waals surface area contributed by atoms with Gasteiger partial charge in [0.1, 0.15) is 5.92 Å². The first-order valence-electron chi connectivity index (χ1n) is 11.2. The third-order valence-corrected chi connectivity index (χ3v) is 5.55. The molecule has 0 aliphatic carbocycles. The summed E-state index contributed by atoms with van der Waals surface area (Å²) in [7, 11) is 0. The third-order valence-electron chi connectivity index (χ3n) is 5.55. The zero-order valence-electron chi connectivity index (χ0n) is 17.9. The van der Waals surface area contributed by atoms with Crippen molar-refractivity contribution >= 4 is 17.9 Å². The van der Waals surface area contributed by atoms with Gasteiger partial charge in [0, 0.05) is 0 Å². The van der Waals surface area contributed by atoms with Crippen LogP contribution >= 0.6 is 0 Å². The maximum atomic E-state index is 11.2. The standard InChI is InChI=1S/C22H40O7/c1-2-3-4-5-6-7-8-9-10-11-12-13-14-15-16-17-18(19(23)24)22(29,20(25)26)21(27)28/h18,29H,2-17H2,1H3,(H,23,24)(H,25,26)(H,27,28)/t18-/m1/s1. The minimum Gasteiger partial charge on any atom is -0.481 e. The molecule has 0 radical (unpaired) electrons. The SMILES string of the molecule is CCCCCCCCCCCCCCCCC[C@H](C(=O)O)C(O)(C(=O)O)C(=O)O. The van der Waals surface area contributed by atoms with Crippen LogP contribution in [0.15, 0.2) is 0 Å². The van der Waals surface area contributed by atoms with E-state index >= 15 is 0 Å². The molecule has 0 aliphatic heterocycles. The van der Waals surface area contributed by atoms with Gasteiger partial charge in [0.15, 0.2) is 0 Å². The maximum absolute atomic E-state index is 11.2. The molecule has 0 aliphatic rings. The van der Waals surface area contributed by atoms with E-state index in [1.807, 2.05) is 0 Å². The summed E-state index contributed by atoms with van der Waals surface area (Å²) in [6, 6.07) is 0. The first-order chi connectivity index (χ1) is 13.8. The Morgan fingerprint density at radius 3 is 1.21 bits per heavy atom. The minimum absolute atomic E-state index is 0.178. The van der Waals surface area contributed by atoms with E-state index in [2.05, 4.69) is 6.92 Å². The highest BCUT2D eigenvalue weighted by atomic mass is 16.5. The Balaban J connectivity index is 3.78. The van der Waals surface area contributed by atoms with Crippen LogP contribution < -0.4 is 0 Å². The van der Waals surface area contributed by atoms with Gasteiger partial charge in [0.2, 0.25) is 0 Å². The molecular formula is C22H40O7. The van der Waals surface area contributed by atoms with Gasteiger partial charge in [-0.2, -0.15) is 0 Å². The van der Waals surface area contributed by atoms with Crippen LogP contribution in [-0.2, 0) is 14.4 Å². The Labute approximate surface area is 174 Å². The monoisotopic (exact) mass is 416 g/mol. The molecule has 7 heteroatoms. The van der Waals surface area contributed by atoms with E-state index in [1.54, 1.807) is 0 Å². The molecule has 29 heavy (non-hydrogen) atoms. The van der Waals surface area contributed by atoms with Gasteiger partial charge in [-0.1, -0.05) is 103 Å². The van der Waals surface area contributed by atoms with Crippen molar-refractivity contribution in [3.63, 3.8) is 0 Å². The Morgan fingerprint density at radius 1 is 0.621 bits per heavy atom. The van der Waals surface area contributed by atoms with Crippen molar-refractivity contribution in [3.8, 4) is 0 Å². The second-order valence-electron chi connectivity index (χ2n) is 8.01. The number of aliphatic hydroxyl groups is 1. The van der Waals surface area contributed by atoms with Crippen LogP contribution in [0.3, 0.4) is 0 Å². The summed E-state index contributed by atoms with van der Waals surface area (Å²) in [5.41, 5.74) is -3.29. The van der Waals surface area contributed by atoms with E-state index in [0.717, 1.165) is 19.3 Å². The summed E-state index contributed by atoms with van der Waals surface area (Å²) in [5.74, 6) is -7.56. The van der Waals surface area contributed by atoms with E-state index in [4.69, 9.17) is 15.3 Å². The van der Waals surface area contributed by atoms with Gasteiger partial charge in [-0.25, -0.2) is 9.59 Å². The van der Waals surface area contributed by atoms with Crippen LogP contribution in [0.1, 0.15) is 110 Å². The lowest BCUT2D eigenvalue weighted by Crippen LogP contribution is -2.55. The molecule has 0 saturated carbocycles. The number of rotatable bonds is 20. The normalized spacial score (nSPS) is 12.6. The molecule has 1 atom stereocenters. The Kier molecular flexibility index (Phi) is 15.3. The fraction of sp³-hybridized carbons (Fsp3) is 0.864. The topological polar surface area (TPSA) is 132 Å². The van der Waals surface area contributed by atoms with E-state index in [1.165, 1.54) is 64.2 Å². The number of unbranched alkanes of at least 4 members (excludes halogenated alkanes) is 14. The zero-order chi connectivity index (χ0) is 22.1. The summed E-state index contributed by atoms with van der Waals surface area (Å²) >= 11 is 0. The summed E-state index contributed by atoms with van der Waals surface area (Å²) in [6.07, 6.45) is 16.9. The third kappa shape index (κ3) is 11.2. The average Bonchev–Trinajstić information content (AvgIpc) is 2.66.